The highest BCUT2D eigenvalue weighted by atomic mass is 16.2. The SMILES string of the molecule is Cc1ccc(C(=O)NCc2ccc(CN3CCCC3=O)cc2)cc1C. The Morgan fingerprint density at radius 1 is 1.04 bits per heavy atom. The Balaban J connectivity index is 1.55. The maximum atomic E-state index is 12.3. The van der Waals surface area contributed by atoms with E-state index in [1.165, 1.54) is 5.56 Å². The molecule has 0 unspecified atom stereocenters. The summed E-state index contributed by atoms with van der Waals surface area (Å²) < 4.78 is 0. The number of nitrogens with zero attached hydrogens (tertiary/aromatic N) is 1. The summed E-state index contributed by atoms with van der Waals surface area (Å²) in [5.74, 6) is 0.180. The quantitative estimate of drug-likeness (QED) is 0.910. The number of amides is 2. The second-order valence-corrected chi connectivity index (χ2v) is 6.72. The Kier molecular flexibility index (Phi) is 5.17. The Morgan fingerprint density at radius 2 is 1.76 bits per heavy atom. The van der Waals surface area contributed by atoms with Crippen LogP contribution in [0.3, 0.4) is 0 Å². The number of rotatable bonds is 5. The molecule has 0 radical (unpaired) electrons. The van der Waals surface area contributed by atoms with Crippen molar-refractivity contribution in [3.8, 4) is 0 Å². The van der Waals surface area contributed by atoms with Gasteiger partial charge in [-0.05, 0) is 54.7 Å². The van der Waals surface area contributed by atoms with E-state index in [0.29, 0.717) is 25.1 Å². The summed E-state index contributed by atoms with van der Waals surface area (Å²) in [4.78, 5) is 25.8. The van der Waals surface area contributed by atoms with Crippen molar-refractivity contribution >= 4 is 11.8 Å². The number of nitrogens with one attached hydrogen (secondary N) is 1. The maximum absolute atomic E-state index is 12.3. The number of benzene rings is 2. The lowest BCUT2D eigenvalue weighted by molar-refractivity contribution is -0.128. The largest absolute Gasteiger partial charge is 0.348 e. The fraction of sp³-hybridized carbons (Fsp3) is 0.333. The van der Waals surface area contributed by atoms with Crippen LogP contribution < -0.4 is 5.32 Å². The predicted octanol–water partition coefficient (Wildman–Crippen LogP) is 3.36. The fourth-order valence-corrected chi connectivity index (χ4v) is 3.02. The Bertz CT molecular complexity index is 781. The molecule has 0 aliphatic carbocycles. The first kappa shape index (κ1) is 17.2. The molecule has 0 saturated carbocycles. The lowest BCUT2D eigenvalue weighted by Gasteiger charge is -2.15. The van der Waals surface area contributed by atoms with Gasteiger partial charge >= 0.3 is 0 Å². The molecule has 0 aromatic heterocycles. The summed E-state index contributed by atoms with van der Waals surface area (Å²) in [6.07, 6.45) is 1.63. The second-order valence-electron chi connectivity index (χ2n) is 6.72. The number of hydrogen-bond donors (Lipinski definition) is 1. The smallest absolute Gasteiger partial charge is 0.251 e. The number of likely N-dealkylation sites (tertiary alicyclic amines) is 1. The lowest BCUT2D eigenvalue weighted by atomic mass is 10.1. The summed E-state index contributed by atoms with van der Waals surface area (Å²) in [6.45, 7) is 6.07. The van der Waals surface area contributed by atoms with E-state index >= 15 is 0 Å². The first-order valence-electron chi connectivity index (χ1n) is 8.74. The molecule has 0 bridgehead atoms. The minimum atomic E-state index is -0.0603. The van der Waals surface area contributed by atoms with E-state index in [2.05, 4.69) is 5.32 Å². The molecule has 4 nitrogen and oxygen atoms in total. The van der Waals surface area contributed by atoms with Crippen LogP contribution in [0.4, 0.5) is 0 Å². The van der Waals surface area contributed by atoms with E-state index in [0.717, 1.165) is 29.7 Å². The minimum Gasteiger partial charge on any atom is -0.348 e. The first-order valence-corrected chi connectivity index (χ1v) is 8.74. The Morgan fingerprint density at radius 3 is 2.40 bits per heavy atom. The molecule has 4 heteroatoms. The van der Waals surface area contributed by atoms with Crippen molar-refractivity contribution < 1.29 is 9.59 Å². The molecular weight excluding hydrogens is 312 g/mol. The minimum absolute atomic E-state index is 0.0603. The molecule has 1 fully saturated rings. The van der Waals surface area contributed by atoms with Crippen LogP contribution in [0.25, 0.3) is 0 Å². The molecule has 130 valence electrons. The van der Waals surface area contributed by atoms with Crippen molar-refractivity contribution in [3.05, 3.63) is 70.3 Å². The average molecular weight is 336 g/mol. The van der Waals surface area contributed by atoms with Gasteiger partial charge in [0.1, 0.15) is 0 Å². The molecule has 1 saturated heterocycles. The van der Waals surface area contributed by atoms with Crippen LogP contribution in [-0.4, -0.2) is 23.3 Å². The van der Waals surface area contributed by atoms with Gasteiger partial charge in [0.15, 0.2) is 0 Å². The zero-order valence-corrected chi connectivity index (χ0v) is 14.8. The van der Waals surface area contributed by atoms with E-state index in [1.54, 1.807) is 0 Å². The molecule has 1 N–H and O–H groups in total. The van der Waals surface area contributed by atoms with Gasteiger partial charge in [0, 0.05) is 31.6 Å². The van der Waals surface area contributed by atoms with E-state index in [9.17, 15) is 9.59 Å². The molecule has 2 aromatic rings. The summed E-state index contributed by atoms with van der Waals surface area (Å²) in [7, 11) is 0. The fourth-order valence-electron chi connectivity index (χ4n) is 3.02. The molecule has 25 heavy (non-hydrogen) atoms. The van der Waals surface area contributed by atoms with Gasteiger partial charge in [0.05, 0.1) is 0 Å². The third-order valence-electron chi connectivity index (χ3n) is 4.79. The normalized spacial score (nSPS) is 14.0. The third-order valence-corrected chi connectivity index (χ3v) is 4.79. The summed E-state index contributed by atoms with van der Waals surface area (Å²) >= 11 is 0. The molecule has 1 aliphatic heterocycles. The number of carbonyl (C=O) groups is 2. The summed E-state index contributed by atoms with van der Waals surface area (Å²) in [6, 6.07) is 13.8. The van der Waals surface area contributed by atoms with Gasteiger partial charge in [-0.15, -0.1) is 0 Å². The van der Waals surface area contributed by atoms with Crippen molar-refractivity contribution in [1.82, 2.24) is 10.2 Å². The topological polar surface area (TPSA) is 49.4 Å². The zero-order valence-electron chi connectivity index (χ0n) is 14.8. The maximum Gasteiger partial charge on any atom is 0.251 e. The van der Waals surface area contributed by atoms with Crippen LogP contribution >= 0.6 is 0 Å². The van der Waals surface area contributed by atoms with Crippen molar-refractivity contribution in [2.45, 2.75) is 39.8 Å². The van der Waals surface area contributed by atoms with Crippen LogP contribution in [0.5, 0.6) is 0 Å². The van der Waals surface area contributed by atoms with Crippen molar-refractivity contribution in [2.24, 2.45) is 0 Å². The molecule has 0 atom stereocenters. The highest BCUT2D eigenvalue weighted by molar-refractivity contribution is 5.94. The molecule has 1 heterocycles. The zero-order chi connectivity index (χ0) is 17.8. The lowest BCUT2D eigenvalue weighted by Crippen LogP contribution is -2.24. The Labute approximate surface area is 148 Å². The van der Waals surface area contributed by atoms with Gasteiger partial charge in [0.2, 0.25) is 5.91 Å². The van der Waals surface area contributed by atoms with E-state index in [-0.39, 0.29) is 11.8 Å². The summed E-state index contributed by atoms with van der Waals surface area (Å²) in [5.41, 5.74) is 5.16. The van der Waals surface area contributed by atoms with Crippen molar-refractivity contribution in [2.75, 3.05) is 6.54 Å². The number of aryl methyl sites for hydroxylation is 2. The van der Waals surface area contributed by atoms with E-state index < -0.39 is 0 Å². The number of hydrogen-bond acceptors (Lipinski definition) is 2. The predicted molar refractivity (Wildman–Crippen MR) is 98.2 cm³/mol. The standard InChI is InChI=1S/C21H24N2O2/c1-15-5-10-19(12-16(15)2)21(25)22-13-17-6-8-18(9-7-17)14-23-11-3-4-20(23)24/h5-10,12H,3-4,11,13-14H2,1-2H3,(H,22,25). The van der Waals surface area contributed by atoms with Crippen LogP contribution in [0.1, 0.15) is 45.5 Å². The van der Waals surface area contributed by atoms with Crippen LogP contribution in [-0.2, 0) is 17.9 Å². The summed E-state index contributed by atoms with van der Waals surface area (Å²) in [5, 5.41) is 2.96. The van der Waals surface area contributed by atoms with Gasteiger partial charge in [0.25, 0.3) is 5.91 Å². The van der Waals surface area contributed by atoms with Gasteiger partial charge in [-0.25, -0.2) is 0 Å². The van der Waals surface area contributed by atoms with E-state index in [4.69, 9.17) is 0 Å². The van der Waals surface area contributed by atoms with Crippen molar-refractivity contribution in [3.63, 3.8) is 0 Å². The van der Waals surface area contributed by atoms with Crippen LogP contribution in [0, 0.1) is 13.8 Å². The van der Waals surface area contributed by atoms with Gasteiger partial charge in [-0.3, -0.25) is 9.59 Å². The molecule has 0 spiro atoms. The molecule has 3 rings (SSSR count). The third kappa shape index (κ3) is 4.27. The Hall–Kier alpha value is -2.62. The molecular formula is C21H24N2O2. The molecule has 2 amide bonds. The van der Waals surface area contributed by atoms with Crippen LogP contribution in [0.15, 0.2) is 42.5 Å². The first-order chi connectivity index (χ1) is 12.0. The molecule has 1 aliphatic rings. The second kappa shape index (κ2) is 7.51. The molecule has 2 aromatic carbocycles. The van der Waals surface area contributed by atoms with E-state index in [1.807, 2.05) is 61.2 Å². The highest BCUT2D eigenvalue weighted by Crippen LogP contribution is 2.15. The average Bonchev–Trinajstić information content (AvgIpc) is 3.01. The monoisotopic (exact) mass is 336 g/mol. The number of carbonyl (C=O) groups excluding carboxylic acids is 2. The van der Waals surface area contributed by atoms with Crippen molar-refractivity contribution in [1.29, 1.82) is 0 Å². The highest BCUT2D eigenvalue weighted by Gasteiger charge is 2.19. The van der Waals surface area contributed by atoms with Crippen LogP contribution in [0.2, 0.25) is 0 Å². The van der Waals surface area contributed by atoms with Gasteiger partial charge in [-0.1, -0.05) is 30.3 Å². The van der Waals surface area contributed by atoms with Gasteiger partial charge in [-0.2, -0.15) is 0 Å². The van der Waals surface area contributed by atoms with Gasteiger partial charge < -0.3 is 10.2 Å².